The van der Waals surface area contributed by atoms with Gasteiger partial charge in [0.05, 0.1) is 6.61 Å². The first-order chi connectivity index (χ1) is 16.6. The highest BCUT2D eigenvalue weighted by atomic mass is 79.9. The first-order valence-electron chi connectivity index (χ1n) is 12.4. The predicted molar refractivity (Wildman–Crippen MR) is 141 cm³/mol. The average molecular weight is 521 g/mol. The Labute approximate surface area is 211 Å². The number of rotatable bonds is 7. The minimum Gasteiger partial charge on any atom is -0.383 e. The summed E-state index contributed by atoms with van der Waals surface area (Å²) in [5.74, 6) is 0.599. The number of piperidine rings is 1. The molecule has 0 radical (unpaired) electrons. The lowest BCUT2D eigenvalue weighted by atomic mass is 9.95. The lowest BCUT2D eigenvalue weighted by Gasteiger charge is -2.38. The van der Waals surface area contributed by atoms with E-state index in [1.165, 1.54) is 30.5 Å². The van der Waals surface area contributed by atoms with Gasteiger partial charge in [-0.3, -0.25) is 9.69 Å². The molecule has 5 rings (SSSR count). The molecule has 1 fully saturated rings. The summed E-state index contributed by atoms with van der Waals surface area (Å²) in [5.41, 5.74) is 3.77. The Morgan fingerprint density at radius 1 is 1.06 bits per heavy atom. The van der Waals surface area contributed by atoms with E-state index in [0.29, 0.717) is 25.1 Å². The Kier molecular flexibility index (Phi) is 7.33. The van der Waals surface area contributed by atoms with Crippen LogP contribution in [0, 0.1) is 5.92 Å². The van der Waals surface area contributed by atoms with Crippen molar-refractivity contribution in [3.05, 3.63) is 81.8 Å². The number of benzene rings is 3. The molecule has 0 N–H and O–H groups in total. The Balaban J connectivity index is 1.28. The molecule has 1 aliphatic carbocycles. The number of methoxy groups -OCH3 is 1. The SMILES string of the molecule is COCCN(CC1CCCN(C2Cc3ccccc3C2)C1)C(=O)c1ccc2cc(Br)ccc2c1. The van der Waals surface area contributed by atoms with Crippen LogP contribution in [-0.2, 0) is 17.6 Å². The molecule has 1 unspecified atom stereocenters. The van der Waals surface area contributed by atoms with Crippen molar-refractivity contribution < 1.29 is 9.53 Å². The number of hydrogen-bond donors (Lipinski definition) is 0. The van der Waals surface area contributed by atoms with E-state index in [1.54, 1.807) is 7.11 Å². The third kappa shape index (κ3) is 5.22. The van der Waals surface area contributed by atoms with Crippen LogP contribution in [0.5, 0.6) is 0 Å². The van der Waals surface area contributed by atoms with Gasteiger partial charge in [0, 0.05) is 42.8 Å². The molecule has 4 nitrogen and oxygen atoms in total. The number of likely N-dealkylation sites (tertiary alicyclic amines) is 1. The van der Waals surface area contributed by atoms with Gasteiger partial charge in [-0.2, -0.15) is 0 Å². The van der Waals surface area contributed by atoms with Gasteiger partial charge in [-0.05, 0) is 84.3 Å². The average Bonchev–Trinajstić information content (AvgIpc) is 3.30. The summed E-state index contributed by atoms with van der Waals surface area (Å²) >= 11 is 3.53. The molecule has 0 aromatic heterocycles. The normalized spacial score (nSPS) is 18.8. The maximum absolute atomic E-state index is 13.6. The summed E-state index contributed by atoms with van der Waals surface area (Å²) in [6.45, 7) is 4.21. The molecule has 0 bridgehead atoms. The van der Waals surface area contributed by atoms with E-state index in [2.05, 4.69) is 57.2 Å². The zero-order chi connectivity index (χ0) is 23.5. The van der Waals surface area contributed by atoms with Crippen LogP contribution in [0.15, 0.2) is 65.1 Å². The van der Waals surface area contributed by atoms with E-state index in [0.717, 1.165) is 46.7 Å². The Bertz CT molecular complexity index is 1140. The van der Waals surface area contributed by atoms with Crippen LogP contribution in [0.25, 0.3) is 10.8 Å². The molecular weight excluding hydrogens is 488 g/mol. The highest BCUT2D eigenvalue weighted by Crippen LogP contribution is 2.29. The second-order valence-corrected chi connectivity index (χ2v) is 10.7. The molecule has 1 amide bonds. The molecule has 178 valence electrons. The molecule has 2 aliphatic rings. The number of fused-ring (bicyclic) bond motifs is 2. The van der Waals surface area contributed by atoms with Gasteiger partial charge in [-0.15, -0.1) is 0 Å². The second kappa shape index (κ2) is 10.6. The molecule has 34 heavy (non-hydrogen) atoms. The summed E-state index contributed by atoms with van der Waals surface area (Å²) < 4.78 is 6.41. The van der Waals surface area contributed by atoms with Crippen molar-refractivity contribution >= 4 is 32.6 Å². The lowest BCUT2D eigenvalue weighted by molar-refractivity contribution is 0.0573. The van der Waals surface area contributed by atoms with Gasteiger partial charge >= 0.3 is 0 Å². The molecule has 5 heteroatoms. The smallest absolute Gasteiger partial charge is 0.253 e. The molecule has 3 aromatic carbocycles. The lowest BCUT2D eigenvalue weighted by Crippen LogP contribution is -2.47. The van der Waals surface area contributed by atoms with Crippen molar-refractivity contribution in [1.82, 2.24) is 9.80 Å². The van der Waals surface area contributed by atoms with Crippen LogP contribution in [0.3, 0.4) is 0 Å². The Morgan fingerprint density at radius 2 is 1.79 bits per heavy atom. The van der Waals surface area contributed by atoms with Crippen LogP contribution >= 0.6 is 15.9 Å². The fourth-order valence-corrected chi connectivity index (χ4v) is 6.07. The predicted octanol–water partition coefficient (Wildman–Crippen LogP) is 5.57. The summed E-state index contributed by atoms with van der Waals surface area (Å²) in [4.78, 5) is 18.3. The third-order valence-electron chi connectivity index (χ3n) is 7.48. The number of ether oxygens (including phenoxy) is 1. The van der Waals surface area contributed by atoms with Gasteiger partial charge in [-0.25, -0.2) is 0 Å². The number of carbonyl (C=O) groups excluding carboxylic acids is 1. The minimum absolute atomic E-state index is 0.104. The molecule has 1 atom stereocenters. The molecule has 1 saturated heterocycles. The van der Waals surface area contributed by atoms with Crippen LogP contribution in [0.2, 0.25) is 0 Å². The number of nitrogens with zero attached hydrogens (tertiary/aromatic N) is 2. The van der Waals surface area contributed by atoms with Crippen LogP contribution in [0.1, 0.15) is 34.3 Å². The first kappa shape index (κ1) is 23.5. The molecule has 0 spiro atoms. The topological polar surface area (TPSA) is 32.8 Å². The molecule has 1 aliphatic heterocycles. The summed E-state index contributed by atoms with van der Waals surface area (Å²) in [6, 6.07) is 21.7. The standard InChI is InChI=1S/C29H33BrN2O2/c1-34-14-13-32(29(33)26-9-8-25-16-27(30)11-10-24(25)15-26)20-21-5-4-12-31(19-21)28-17-22-6-2-3-7-23(22)18-28/h2-3,6-11,15-16,21,28H,4-5,12-14,17-20H2,1H3. The van der Waals surface area contributed by atoms with E-state index in [1.807, 2.05) is 29.2 Å². The first-order valence-corrected chi connectivity index (χ1v) is 13.2. The molecule has 1 heterocycles. The summed E-state index contributed by atoms with van der Waals surface area (Å²) in [7, 11) is 1.71. The zero-order valence-electron chi connectivity index (χ0n) is 19.9. The fraction of sp³-hybridized carbons (Fsp3) is 0.414. The molecule has 3 aromatic rings. The number of hydrogen-bond acceptors (Lipinski definition) is 3. The monoisotopic (exact) mass is 520 g/mol. The molecule has 0 saturated carbocycles. The van der Waals surface area contributed by atoms with Crippen molar-refractivity contribution in [1.29, 1.82) is 0 Å². The number of halogens is 1. The maximum Gasteiger partial charge on any atom is 0.253 e. The quantitative estimate of drug-likeness (QED) is 0.408. The van der Waals surface area contributed by atoms with E-state index in [9.17, 15) is 4.79 Å². The summed E-state index contributed by atoms with van der Waals surface area (Å²) in [6.07, 6.45) is 4.69. The highest BCUT2D eigenvalue weighted by Gasteiger charge is 2.31. The third-order valence-corrected chi connectivity index (χ3v) is 7.97. The highest BCUT2D eigenvalue weighted by molar-refractivity contribution is 9.10. The van der Waals surface area contributed by atoms with Crippen molar-refractivity contribution in [2.45, 2.75) is 31.7 Å². The number of amides is 1. The van der Waals surface area contributed by atoms with Crippen LogP contribution in [0.4, 0.5) is 0 Å². The number of carbonyl (C=O) groups is 1. The maximum atomic E-state index is 13.6. The van der Waals surface area contributed by atoms with Gasteiger partial charge in [0.25, 0.3) is 5.91 Å². The second-order valence-electron chi connectivity index (χ2n) is 9.78. The van der Waals surface area contributed by atoms with Crippen molar-refractivity contribution in [3.8, 4) is 0 Å². The van der Waals surface area contributed by atoms with Crippen LogP contribution in [-0.4, -0.2) is 61.6 Å². The van der Waals surface area contributed by atoms with E-state index >= 15 is 0 Å². The fourth-order valence-electron chi connectivity index (χ4n) is 5.69. The Morgan fingerprint density at radius 3 is 2.56 bits per heavy atom. The summed E-state index contributed by atoms with van der Waals surface area (Å²) in [5, 5.41) is 2.22. The minimum atomic E-state index is 0.104. The van der Waals surface area contributed by atoms with Crippen LogP contribution < -0.4 is 0 Å². The van der Waals surface area contributed by atoms with Gasteiger partial charge < -0.3 is 9.64 Å². The van der Waals surface area contributed by atoms with E-state index in [4.69, 9.17) is 4.74 Å². The van der Waals surface area contributed by atoms with E-state index < -0.39 is 0 Å². The van der Waals surface area contributed by atoms with Gasteiger partial charge in [0.15, 0.2) is 0 Å². The van der Waals surface area contributed by atoms with Crippen molar-refractivity contribution in [3.63, 3.8) is 0 Å². The largest absolute Gasteiger partial charge is 0.383 e. The van der Waals surface area contributed by atoms with Gasteiger partial charge in [-0.1, -0.05) is 52.3 Å². The molecular formula is C29H33BrN2O2. The van der Waals surface area contributed by atoms with Crippen molar-refractivity contribution in [2.75, 3.05) is 39.9 Å². The van der Waals surface area contributed by atoms with Gasteiger partial charge in [0.2, 0.25) is 0 Å². The Hall–Kier alpha value is -2.21. The van der Waals surface area contributed by atoms with E-state index in [-0.39, 0.29) is 5.91 Å². The van der Waals surface area contributed by atoms with Gasteiger partial charge in [0.1, 0.15) is 0 Å². The van der Waals surface area contributed by atoms with Crippen molar-refractivity contribution in [2.24, 2.45) is 5.92 Å². The zero-order valence-corrected chi connectivity index (χ0v) is 21.5.